The van der Waals surface area contributed by atoms with Gasteiger partial charge in [-0.05, 0) is 23.7 Å². The minimum atomic E-state index is -1.79. The van der Waals surface area contributed by atoms with Crippen molar-refractivity contribution in [2.75, 3.05) is 19.6 Å². The summed E-state index contributed by atoms with van der Waals surface area (Å²) in [6.07, 6.45) is 1.91. The molecule has 26 heavy (non-hydrogen) atoms. The van der Waals surface area contributed by atoms with Crippen molar-refractivity contribution in [2.45, 2.75) is 12.8 Å². The van der Waals surface area contributed by atoms with Crippen molar-refractivity contribution in [3.8, 4) is 18.2 Å². The van der Waals surface area contributed by atoms with Gasteiger partial charge in [-0.3, -0.25) is 4.90 Å². The van der Waals surface area contributed by atoms with Crippen molar-refractivity contribution in [1.29, 1.82) is 15.8 Å². The van der Waals surface area contributed by atoms with Gasteiger partial charge in [-0.2, -0.15) is 15.8 Å². The van der Waals surface area contributed by atoms with Gasteiger partial charge in [0.25, 0.3) is 0 Å². The number of halogens is 1. The first kappa shape index (κ1) is 17.7. The first-order chi connectivity index (χ1) is 12.5. The summed E-state index contributed by atoms with van der Waals surface area (Å²) in [5, 5.41) is 29.4. The van der Waals surface area contributed by atoms with Crippen LogP contribution in [0.2, 0.25) is 0 Å². The zero-order valence-electron chi connectivity index (χ0n) is 14.4. The predicted octanol–water partition coefficient (Wildman–Crippen LogP) is 2.57. The molecule has 3 rings (SSSR count). The second kappa shape index (κ2) is 6.64. The maximum Gasteiger partial charge on any atom is 0.191 e. The quantitative estimate of drug-likeness (QED) is 0.886. The van der Waals surface area contributed by atoms with E-state index in [2.05, 4.69) is 11.0 Å². The van der Waals surface area contributed by atoms with Gasteiger partial charge in [0.2, 0.25) is 0 Å². The van der Waals surface area contributed by atoms with Crippen LogP contribution in [0, 0.1) is 51.1 Å². The first-order valence-corrected chi connectivity index (χ1v) is 8.44. The van der Waals surface area contributed by atoms with Crippen LogP contribution in [-0.4, -0.2) is 24.5 Å². The van der Waals surface area contributed by atoms with E-state index in [0.29, 0.717) is 18.7 Å². The van der Waals surface area contributed by atoms with Gasteiger partial charge in [-0.1, -0.05) is 31.2 Å². The molecule has 0 fully saturated rings. The summed E-state index contributed by atoms with van der Waals surface area (Å²) in [7, 11) is 0. The lowest BCUT2D eigenvalue weighted by Crippen LogP contribution is -2.48. The van der Waals surface area contributed by atoms with E-state index in [1.165, 1.54) is 6.07 Å². The number of allylic oxidation sites excluding steroid dienone is 2. The third-order valence-electron chi connectivity index (χ3n) is 5.43. The smallest absolute Gasteiger partial charge is 0.191 e. The van der Waals surface area contributed by atoms with E-state index in [1.807, 2.05) is 25.1 Å². The molecule has 0 spiro atoms. The molecule has 1 aromatic rings. The van der Waals surface area contributed by atoms with E-state index in [0.717, 1.165) is 6.54 Å². The molecule has 2 atom stereocenters. The number of hydrogen-bond acceptors (Lipinski definition) is 5. The van der Waals surface area contributed by atoms with Gasteiger partial charge in [0, 0.05) is 24.9 Å². The summed E-state index contributed by atoms with van der Waals surface area (Å²) in [4.78, 5) is 2.14. The largest absolute Gasteiger partial charge is 0.399 e. The molecule has 0 radical (unpaired) electrons. The minimum Gasteiger partial charge on any atom is -0.399 e. The second-order valence-electron chi connectivity index (χ2n) is 6.55. The van der Waals surface area contributed by atoms with Crippen LogP contribution in [0.25, 0.3) is 0 Å². The number of likely N-dealkylation sites (N-methyl/N-ethyl adjacent to an activating group) is 1. The van der Waals surface area contributed by atoms with Gasteiger partial charge in [0.05, 0.1) is 23.4 Å². The Kier molecular flexibility index (Phi) is 4.51. The highest BCUT2D eigenvalue weighted by Gasteiger charge is 2.55. The first-order valence-electron chi connectivity index (χ1n) is 8.44. The highest BCUT2D eigenvalue weighted by molar-refractivity contribution is 5.59. The Morgan fingerprint density at radius 1 is 1.27 bits per heavy atom. The van der Waals surface area contributed by atoms with Crippen molar-refractivity contribution >= 4 is 0 Å². The van der Waals surface area contributed by atoms with Crippen molar-refractivity contribution < 1.29 is 4.39 Å². The maximum atomic E-state index is 14.7. The summed E-state index contributed by atoms with van der Waals surface area (Å²) in [6.45, 7) is 3.97. The number of nitrogens with zero attached hydrogens (tertiary/aromatic N) is 4. The van der Waals surface area contributed by atoms with Crippen LogP contribution in [-0.2, 0) is 0 Å². The number of nitriles is 3. The van der Waals surface area contributed by atoms with E-state index >= 15 is 0 Å². The number of fused-ring (bicyclic) bond motifs is 1. The van der Waals surface area contributed by atoms with E-state index in [9.17, 15) is 20.2 Å². The van der Waals surface area contributed by atoms with Crippen molar-refractivity contribution in [2.24, 2.45) is 17.1 Å². The van der Waals surface area contributed by atoms with E-state index in [-0.39, 0.29) is 22.8 Å². The van der Waals surface area contributed by atoms with E-state index in [4.69, 9.17) is 5.73 Å². The summed E-state index contributed by atoms with van der Waals surface area (Å²) in [5.74, 6) is -1.62. The molecule has 0 saturated heterocycles. The summed E-state index contributed by atoms with van der Waals surface area (Å²) in [5.41, 5.74) is 5.49. The fourth-order valence-corrected chi connectivity index (χ4v) is 4.07. The zero-order valence-corrected chi connectivity index (χ0v) is 14.4. The molecule has 0 bridgehead atoms. The van der Waals surface area contributed by atoms with E-state index < -0.39 is 17.2 Å². The van der Waals surface area contributed by atoms with Crippen LogP contribution in [0.4, 0.5) is 4.39 Å². The normalized spacial score (nSPS) is 24.7. The molecule has 2 aliphatic rings. The maximum absolute atomic E-state index is 14.7. The standard InChI is InChI=1S/C20H18FN5/c1-2-26-8-7-13-15(9-22)19(25)20(11-23,12-24)18(16(13)10-26)14-5-3-4-6-17(14)21/h3-7,16,18H,2,8,10,25H2,1H3/t16-,18+/m0/s1. The Labute approximate surface area is 152 Å². The lowest BCUT2D eigenvalue weighted by Gasteiger charge is -2.45. The second-order valence-corrected chi connectivity index (χ2v) is 6.55. The summed E-state index contributed by atoms with van der Waals surface area (Å²) in [6, 6.07) is 12.3. The highest BCUT2D eigenvalue weighted by Crippen LogP contribution is 2.54. The molecule has 0 amide bonds. The van der Waals surface area contributed by atoms with Gasteiger partial charge < -0.3 is 5.73 Å². The molecule has 5 nitrogen and oxygen atoms in total. The molecule has 0 unspecified atom stereocenters. The Bertz CT molecular complexity index is 911. The number of nitrogens with two attached hydrogens (primary N) is 1. The molecular weight excluding hydrogens is 329 g/mol. The molecular formula is C20H18FN5. The third kappa shape index (κ3) is 2.37. The van der Waals surface area contributed by atoms with Gasteiger partial charge >= 0.3 is 0 Å². The van der Waals surface area contributed by atoms with Crippen LogP contribution in [0.5, 0.6) is 0 Å². The van der Waals surface area contributed by atoms with E-state index in [1.54, 1.807) is 18.2 Å². The van der Waals surface area contributed by atoms with Crippen LogP contribution < -0.4 is 5.73 Å². The summed E-state index contributed by atoms with van der Waals surface area (Å²) >= 11 is 0. The molecule has 130 valence electrons. The molecule has 0 saturated carbocycles. The predicted molar refractivity (Wildman–Crippen MR) is 93.3 cm³/mol. The number of benzene rings is 1. The van der Waals surface area contributed by atoms with Gasteiger partial charge in [0.15, 0.2) is 5.41 Å². The number of rotatable bonds is 2. The number of hydrogen-bond donors (Lipinski definition) is 1. The Hall–Kier alpha value is -3.14. The van der Waals surface area contributed by atoms with Crippen LogP contribution in [0.3, 0.4) is 0 Å². The molecule has 6 heteroatoms. The fraction of sp³-hybridized carbons (Fsp3) is 0.350. The molecule has 1 aliphatic heterocycles. The fourth-order valence-electron chi connectivity index (χ4n) is 4.07. The zero-order chi connectivity index (χ0) is 18.9. The van der Waals surface area contributed by atoms with Crippen molar-refractivity contribution in [1.82, 2.24) is 4.90 Å². The van der Waals surface area contributed by atoms with Crippen molar-refractivity contribution in [3.05, 3.63) is 58.6 Å². The third-order valence-corrected chi connectivity index (χ3v) is 5.43. The minimum absolute atomic E-state index is 0.0781. The van der Waals surface area contributed by atoms with Crippen molar-refractivity contribution in [3.63, 3.8) is 0 Å². The van der Waals surface area contributed by atoms with Crippen LogP contribution in [0.15, 0.2) is 47.2 Å². The molecule has 1 heterocycles. The van der Waals surface area contributed by atoms with Gasteiger partial charge in [0.1, 0.15) is 11.9 Å². The molecule has 2 N–H and O–H groups in total. The van der Waals surface area contributed by atoms with Gasteiger partial charge in [-0.25, -0.2) is 4.39 Å². The molecule has 0 aromatic heterocycles. The SMILES string of the molecule is CCN1CC=C2C(C#N)=C(N)C(C#N)(C#N)[C@H](c3ccccc3F)[C@H]2C1. The Morgan fingerprint density at radius 3 is 2.54 bits per heavy atom. The highest BCUT2D eigenvalue weighted by atomic mass is 19.1. The van der Waals surface area contributed by atoms with Crippen LogP contribution in [0.1, 0.15) is 18.4 Å². The molecule has 1 aliphatic carbocycles. The molecule has 1 aromatic carbocycles. The average molecular weight is 347 g/mol. The van der Waals surface area contributed by atoms with Crippen LogP contribution >= 0.6 is 0 Å². The average Bonchev–Trinajstić information content (AvgIpc) is 2.67. The Balaban J connectivity index is 2.34. The summed E-state index contributed by atoms with van der Waals surface area (Å²) < 4.78 is 14.7. The monoisotopic (exact) mass is 347 g/mol. The topological polar surface area (TPSA) is 101 Å². The lowest BCUT2D eigenvalue weighted by molar-refractivity contribution is 0.212. The Morgan fingerprint density at radius 2 is 1.96 bits per heavy atom. The van der Waals surface area contributed by atoms with Gasteiger partial charge in [-0.15, -0.1) is 0 Å². The lowest BCUT2D eigenvalue weighted by atomic mass is 9.58.